The van der Waals surface area contributed by atoms with Gasteiger partial charge in [-0.1, -0.05) is 56.3 Å². The number of carbonyl (C=O) groups is 3. The van der Waals surface area contributed by atoms with Crippen LogP contribution in [0.15, 0.2) is 42.5 Å². The van der Waals surface area contributed by atoms with Crippen molar-refractivity contribution in [2.45, 2.75) is 64.1 Å². The molecule has 0 aromatic heterocycles. The summed E-state index contributed by atoms with van der Waals surface area (Å²) in [7, 11) is 0. The number of nitrogens with one attached hydrogen (secondary N) is 2. The highest BCUT2D eigenvalue weighted by Gasteiger charge is 2.37. The van der Waals surface area contributed by atoms with Gasteiger partial charge in [0.2, 0.25) is 17.7 Å². The second-order valence-electron chi connectivity index (χ2n) is 9.28. The summed E-state index contributed by atoms with van der Waals surface area (Å²) in [5, 5.41) is 17.5. The summed E-state index contributed by atoms with van der Waals surface area (Å²) in [6, 6.07) is 12.5. The Bertz CT molecular complexity index is 1020. The molecule has 0 radical (unpaired) electrons. The smallest absolute Gasteiger partial charge is 0.243 e. The number of amides is 3. The van der Waals surface area contributed by atoms with Crippen molar-refractivity contribution in [3.63, 3.8) is 0 Å². The molecule has 35 heavy (non-hydrogen) atoms. The lowest BCUT2D eigenvalue weighted by Crippen LogP contribution is -2.55. The van der Waals surface area contributed by atoms with Crippen molar-refractivity contribution in [1.29, 1.82) is 0 Å². The van der Waals surface area contributed by atoms with Crippen LogP contribution in [0.1, 0.15) is 45.1 Å². The first kappa shape index (κ1) is 26.6. The fourth-order valence-electron chi connectivity index (χ4n) is 4.68. The van der Waals surface area contributed by atoms with Gasteiger partial charge in [0.15, 0.2) is 0 Å². The normalized spacial score (nSPS) is 17.4. The molecule has 1 heterocycles. The van der Waals surface area contributed by atoms with E-state index in [0.717, 1.165) is 35.6 Å². The zero-order valence-electron chi connectivity index (χ0n) is 20.7. The molecule has 1 aliphatic rings. The summed E-state index contributed by atoms with van der Waals surface area (Å²) in [4.78, 5) is 41.0. The van der Waals surface area contributed by atoms with Crippen LogP contribution < -0.4 is 16.4 Å². The number of benzene rings is 2. The van der Waals surface area contributed by atoms with E-state index in [4.69, 9.17) is 5.73 Å². The van der Waals surface area contributed by atoms with Gasteiger partial charge in [0.25, 0.3) is 0 Å². The number of fused-ring (bicyclic) bond motifs is 1. The van der Waals surface area contributed by atoms with E-state index in [1.807, 2.05) is 56.3 Å². The Kier molecular flexibility index (Phi) is 9.63. The molecule has 3 atom stereocenters. The van der Waals surface area contributed by atoms with Crippen molar-refractivity contribution < 1.29 is 19.5 Å². The molecular weight excluding hydrogens is 444 g/mol. The fourth-order valence-corrected chi connectivity index (χ4v) is 4.68. The molecule has 8 heteroatoms. The molecule has 2 aromatic carbocycles. The van der Waals surface area contributed by atoms with E-state index < -0.39 is 24.1 Å². The number of hydrogen-bond acceptors (Lipinski definition) is 5. The van der Waals surface area contributed by atoms with E-state index >= 15 is 0 Å². The summed E-state index contributed by atoms with van der Waals surface area (Å²) in [5.41, 5.74) is 6.36. The Morgan fingerprint density at radius 3 is 2.51 bits per heavy atom. The maximum Gasteiger partial charge on any atom is 0.243 e. The quantitative estimate of drug-likeness (QED) is 0.388. The Balaban J connectivity index is 1.77. The van der Waals surface area contributed by atoms with E-state index in [1.54, 1.807) is 4.90 Å². The minimum absolute atomic E-state index is 0.00213. The van der Waals surface area contributed by atoms with Crippen LogP contribution in [0.3, 0.4) is 0 Å². The number of hydrogen-bond donors (Lipinski definition) is 4. The number of aliphatic hydroxyl groups is 1. The van der Waals surface area contributed by atoms with E-state index in [2.05, 4.69) is 10.6 Å². The van der Waals surface area contributed by atoms with Crippen molar-refractivity contribution >= 4 is 28.5 Å². The number of rotatable bonds is 11. The number of aliphatic hydroxyl groups excluding tert-OH is 1. The largest absolute Gasteiger partial charge is 0.390 e. The van der Waals surface area contributed by atoms with Crippen LogP contribution in [0.4, 0.5) is 0 Å². The highest BCUT2D eigenvalue weighted by atomic mass is 16.3. The molecule has 1 fully saturated rings. The third-order valence-corrected chi connectivity index (χ3v) is 6.84. The highest BCUT2D eigenvalue weighted by Crippen LogP contribution is 2.23. The first-order valence-corrected chi connectivity index (χ1v) is 12.6. The van der Waals surface area contributed by atoms with Gasteiger partial charge in [-0.05, 0) is 42.0 Å². The van der Waals surface area contributed by atoms with Crippen LogP contribution in [0, 0.1) is 5.92 Å². The van der Waals surface area contributed by atoms with Gasteiger partial charge in [0.05, 0.1) is 6.10 Å². The van der Waals surface area contributed by atoms with Gasteiger partial charge in [0, 0.05) is 32.0 Å². The lowest BCUT2D eigenvalue weighted by atomic mass is 10.00. The first-order chi connectivity index (χ1) is 16.9. The second kappa shape index (κ2) is 12.7. The SMILES string of the molecule is CCC(CC)C(=O)N1CCCC1C(=O)NC(Cc1ccc2ccccc2c1)C(=O)NC[C@@H](O)CN. The van der Waals surface area contributed by atoms with E-state index in [-0.39, 0.29) is 37.2 Å². The molecular formula is C27H38N4O4. The Labute approximate surface area is 207 Å². The Hall–Kier alpha value is -2.97. The topological polar surface area (TPSA) is 125 Å². The minimum Gasteiger partial charge on any atom is -0.390 e. The van der Waals surface area contributed by atoms with Gasteiger partial charge >= 0.3 is 0 Å². The summed E-state index contributed by atoms with van der Waals surface area (Å²) < 4.78 is 0. The number of nitrogens with zero attached hydrogens (tertiary/aromatic N) is 1. The molecule has 0 bridgehead atoms. The van der Waals surface area contributed by atoms with Gasteiger partial charge in [-0.3, -0.25) is 14.4 Å². The van der Waals surface area contributed by atoms with Gasteiger partial charge < -0.3 is 26.4 Å². The van der Waals surface area contributed by atoms with Crippen LogP contribution in [-0.4, -0.2) is 65.5 Å². The van der Waals surface area contributed by atoms with Crippen LogP contribution in [-0.2, 0) is 20.8 Å². The minimum atomic E-state index is -0.862. The number of carbonyl (C=O) groups excluding carboxylic acids is 3. The molecule has 8 nitrogen and oxygen atoms in total. The summed E-state index contributed by atoms with van der Waals surface area (Å²) in [6.45, 7) is 4.55. The number of nitrogens with two attached hydrogens (primary N) is 1. The number of likely N-dealkylation sites (tertiary alicyclic amines) is 1. The summed E-state index contributed by atoms with van der Waals surface area (Å²) >= 11 is 0. The molecule has 0 spiro atoms. The third kappa shape index (κ3) is 6.80. The maximum absolute atomic E-state index is 13.3. The Morgan fingerprint density at radius 1 is 1.11 bits per heavy atom. The molecule has 0 saturated carbocycles. The molecule has 2 unspecified atom stereocenters. The lowest BCUT2D eigenvalue weighted by molar-refractivity contribution is -0.142. The molecule has 1 aliphatic heterocycles. The average Bonchev–Trinajstić information content (AvgIpc) is 3.37. The molecule has 5 N–H and O–H groups in total. The molecule has 2 aromatic rings. The molecule has 0 aliphatic carbocycles. The van der Waals surface area contributed by atoms with Crippen molar-refractivity contribution in [2.75, 3.05) is 19.6 Å². The first-order valence-electron chi connectivity index (χ1n) is 12.6. The second-order valence-corrected chi connectivity index (χ2v) is 9.28. The monoisotopic (exact) mass is 482 g/mol. The van der Waals surface area contributed by atoms with E-state index in [9.17, 15) is 19.5 Å². The zero-order valence-corrected chi connectivity index (χ0v) is 20.7. The average molecular weight is 483 g/mol. The van der Waals surface area contributed by atoms with Crippen LogP contribution in [0.2, 0.25) is 0 Å². The van der Waals surface area contributed by atoms with Gasteiger partial charge in [-0.15, -0.1) is 0 Å². The molecule has 1 saturated heterocycles. The molecule has 3 rings (SSSR count). The molecule has 3 amide bonds. The van der Waals surface area contributed by atoms with E-state index in [1.165, 1.54) is 0 Å². The summed E-state index contributed by atoms with van der Waals surface area (Å²) in [5.74, 6) is -0.802. The third-order valence-electron chi connectivity index (χ3n) is 6.84. The lowest BCUT2D eigenvalue weighted by Gasteiger charge is -2.29. The molecule has 190 valence electrons. The van der Waals surface area contributed by atoms with Gasteiger partial charge in [-0.25, -0.2) is 0 Å². The van der Waals surface area contributed by atoms with Crippen LogP contribution in [0.25, 0.3) is 10.8 Å². The van der Waals surface area contributed by atoms with E-state index in [0.29, 0.717) is 13.0 Å². The van der Waals surface area contributed by atoms with Gasteiger partial charge in [-0.2, -0.15) is 0 Å². The standard InChI is InChI=1S/C27H38N4O4/c1-3-19(4-2)27(35)31-13-7-10-24(31)26(34)30-23(25(33)29-17-22(32)16-28)15-18-11-12-20-8-5-6-9-21(20)14-18/h5-6,8-9,11-12,14,19,22-24,32H,3-4,7,10,13,15-17,28H2,1-2H3,(H,29,33)(H,30,34)/t22-,23?,24?/m0/s1. The van der Waals surface area contributed by atoms with Crippen molar-refractivity contribution in [1.82, 2.24) is 15.5 Å². The highest BCUT2D eigenvalue weighted by molar-refractivity contribution is 5.93. The summed E-state index contributed by atoms with van der Waals surface area (Å²) in [6.07, 6.45) is 2.22. The van der Waals surface area contributed by atoms with Crippen LogP contribution in [0.5, 0.6) is 0 Å². The predicted octanol–water partition coefficient (Wildman–Crippen LogP) is 1.73. The van der Waals surface area contributed by atoms with Crippen molar-refractivity contribution in [2.24, 2.45) is 11.7 Å². The van der Waals surface area contributed by atoms with Crippen LogP contribution >= 0.6 is 0 Å². The zero-order chi connectivity index (χ0) is 25.4. The fraction of sp³-hybridized carbons (Fsp3) is 0.519. The predicted molar refractivity (Wildman–Crippen MR) is 136 cm³/mol. The van der Waals surface area contributed by atoms with Crippen molar-refractivity contribution in [3.8, 4) is 0 Å². The Morgan fingerprint density at radius 2 is 1.83 bits per heavy atom. The maximum atomic E-state index is 13.3. The van der Waals surface area contributed by atoms with Crippen molar-refractivity contribution in [3.05, 3.63) is 48.0 Å². The van der Waals surface area contributed by atoms with Gasteiger partial charge in [0.1, 0.15) is 12.1 Å².